The average molecular weight is 291 g/mol. The van der Waals surface area contributed by atoms with Gasteiger partial charge in [0.1, 0.15) is 11.2 Å². The second-order valence-corrected chi connectivity index (χ2v) is 5.77. The lowest BCUT2D eigenvalue weighted by molar-refractivity contribution is -0.122. The highest BCUT2D eigenvalue weighted by Crippen LogP contribution is 2.29. The van der Waals surface area contributed by atoms with Crippen molar-refractivity contribution >= 4 is 16.8 Å². The summed E-state index contributed by atoms with van der Waals surface area (Å²) in [6.45, 7) is 3.49. The molecule has 0 aliphatic rings. The fourth-order valence-electron chi connectivity index (χ4n) is 2.28. The molecule has 3 rings (SSSR count). The first-order valence-corrected chi connectivity index (χ1v) is 7.13. The predicted octanol–water partition coefficient (Wildman–Crippen LogP) is 3.06. The highest BCUT2D eigenvalue weighted by Gasteiger charge is 2.31. The Balaban J connectivity index is 2.33. The van der Waals surface area contributed by atoms with Gasteiger partial charge in [-0.05, 0) is 19.9 Å². The Morgan fingerprint density at radius 2 is 1.59 bits per heavy atom. The number of nitrogens with two attached hydrogens (primary N) is 1. The molecule has 4 nitrogen and oxygen atoms in total. The molecule has 0 bridgehead atoms. The molecule has 0 fully saturated rings. The third-order valence-electron chi connectivity index (χ3n) is 3.83. The molecular weight excluding hydrogens is 274 g/mol. The molecule has 2 N–H and O–H groups in total. The van der Waals surface area contributed by atoms with Crippen LogP contribution in [0.4, 0.5) is 0 Å². The minimum Gasteiger partial charge on any atom is -0.369 e. The van der Waals surface area contributed by atoms with E-state index in [9.17, 15) is 4.79 Å². The van der Waals surface area contributed by atoms with Crippen molar-refractivity contribution in [2.24, 2.45) is 5.73 Å². The number of amides is 1. The van der Waals surface area contributed by atoms with Crippen molar-refractivity contribution in [3.63, 3.8) is 0 Å². The van der Waals surface area contributed by atoms with Gasteiger partial charge in [-0.15, -0.1) is 0 Å². The van der Waals surface area contributed by atoms with Crippen molar-refractivity contribution in [2.75, 3.05) is 0 Å². The minimum atomic E-state index is -0.923. The van der Waals surface area contributed by atoms with Crippen LogP contribution in [-0.2, 0) is 10.2 Å². The van der Waals surface area contributed by atoms with Gasteiger partial charge in [0.05, 0.1) is 11.2 Å². The van der Waals surface area contributed by atoms with Gasteiger partial charge in [-0.2, -0.15) is 0 Å². The molecule has 1 amide bonds. The van der Waals surface area contributed by atoms with E-state index in [1.807, 2.05) is 54.6 Å². The molecule has 0 atom stereocenters. The van der Waals surface area contributed by atoms with Crippen LogP contribution in [0.15, 0.2) is 54.6 Å². The fourth-order valence-corrected chi connectivity index (χ4v) is 2.28. The molecule has 0 unspecified atom stereocenters. The summed E-state index contributed by atoms with van der Waals surface area (Å²) in [4.78, 5) is 20.9. The molecule has 3 aromatic rings. The van der Waals surface area contributed by atoms with Crippen molar-refractivity contribution in [2.45, 2.75) is 19.3 Å². The van der Waals surface area contributed by atoms with E-state index in [0.29, 0.717) is 5.82 Å². The van der Waals surface area contributed by atoms with E-state index in [-0.39, 0.29) is 0 Å². The van der Waals surface area contributed by atoms with E-state index >= 15 is 0 Å². The van der Waals surface area contributed by atoms with Crippen LogP contribution >= 0.6 is 0 Å². The summed E-state index contributed by atoms with van der Waals surface area (Å²) in [5.74, 6) is -0.000606. The Hall–Kier alpha value is -2.75. The molecule has 1 heterocycles. The van der Waals surface area contributed by atoms with Gasteiger partial charge in [0.25, 0.3) is 0 Å². The summed E-state index contributed by atoms with van der Waals surface area (Å²) in [6.07, 6.45) is 0. The number of nitrogens with zero attached hydrogens (tertiary/aromatic N) is 2. The number of carbonyl (C=O) groups is 1. The Morgan fingerprint density at radius 1 is 0.955 bits per heavy atom. The van der Waals surface area contributed by atoms with Gasteiger partial charge in [-0.25, -0.2) is 9.97 Å². The molecule has 0 radical (unpaired) electrons. The van der Waals surface area contributed by atoms with Crippen LogP contribution in [-0.4, -0.2) is 15.9 Å². The number of primary amides is 1. The van der Waals surface area contributed by atoms with E-state index in [2.05, 4.69) is 9.97 Å². The summed E-state index contributed by atoms with van der Waals surface area (Å²) in [7, 11) is 0. The van der Waals surface area contributed by atoms with Gasteiger partial charge >= 0.3 is 0 Å². The lowest BCUT2D eigenvalue weighted by atomic mass is 9.91. The van der Waals surface area contributed by atoms with E-state index in [1.54, 1.807) is 13.8 Å². The second kappa shape index (κ2) is 5.22. The van der Waals surface area contributed by atoms with Gasteiger partial charge in [0.2, 0.25) is 5.91 Å². The van der Waals surface area contributed by atoms with Gasteiger partial charge < -0.3 is 5.73 Å². The van der Waals surface area contributed by atoms with Crippen LogP contribution in [0.1, 0.15) is 19.7 Å². The number of para-hydroxylation sites is 1. The average Bonchev–Trinajstić information content (AvgIpc) is 2.54. The standard InChI is InChI=1S/C18H17N3O/c1-18(2,16(19)22)17-20-14-11-7-6-10-13(14)15(21-17)12-8-4-3-5-9-12/h3-11H,1-2H3,(H2,19,22). The number of hydrogen-bond acceptors (Lipinski definition) is 3. The predicted molar refractivity (Wildman–Crippen MR) is 87.2 cm³/mol. The first-order valence-electron chi connectivity index (χ1n) is 7.13. The lowest BCUT2D eigenvalue weighted by Gasteiger charge is -2.20. The van der Waals surface area contributed by atoms with Crippen molar-refractivity contribution in [3.05, 3.63) is 60.4 Å². The first-order chi connectivity index (χ1) is 10.5. The minimum absolute atomic E-state index is 0.442. The Labute approximate surface area is 129 Å². The van der Waals surface area contributed by atoms with E-state index < -0.39 is 11.3 Å². The molecular formula is C18H17N3O. The molecule has 4 heteroatoms. The normalized spacial score (nSPS) is 11.5. The van der Waals surface area contributed by atoms with Crippen molar-refractivity contribution in [3.8, 4) is 11.3 Å². The zero-order valence-electron chi connectivity index (χ0n) is 12.6. The van der Waals surface area contributed by atoms with E-state index in [0.717, 1.165) is 22.2 Å². The summed E-state index contributed by atoms with van der Waals surface area (Å²) in [5.41, 5.74) is 7.20. The number of aromatic nitrogens is 2. The molecule has 0 saturated carbocycles. The molecule has 1 aromatic heterocycles. The molecule has 0 saturated heterocycles. The summed E-state index contributed by atoms with van der Waals surface area (Å²) in [5, 5.41) is 0.956. The molecule has 0 aliphatic heterocycles. The maximum Gasteiger partial charge on any atom is 0.230 e. The smallest absolute Gasteiger partial charge is 0.230 e. The largest absolute Gasteiger partial charge is 0.369 e. The van der Waals surface area contributed by atoms with Crippen molar-refractivity contribution in [1.29, 1.82) is 0 Å². The van der Waals surface area contributed by atoms with E-state index in [4.69, 9.17) is 5.73 Å². The highest BCUT2D eigenvalue weighted by atomic mass is 16.1. The zero-order valence-corrected chi connectivity index (χ0v) is 12.6. The van der Waals surface area contributed by atoms with Gasteiger partial charge in [0.15, 0.2) is 0 Å². The van der Waals surface area contributed by atoms with Gasteiger partial charge in [-0.1, -0.05) is 48.5 Å². The summed E-state index contributed by atoms with van der Waals surface area (Å²) in [6, 6.07) is 17.7. The van der Waals surface area contributed by atoms with Crippen LogP contribution in [0.5, 0.6) is 0 Å². The molecule has 110 valence electrons. The number of fused-ring (bicyclic) bond motifs is 1. The maximum absolute atomic E-state index is 11.7. The number of carbonyl (C=O) groups excluding carboxylic acids is 1. The topological polar surface area (TPSA) is 68.9 Å². The van der Waals surface area contributed by atoms with Crippen LogP contribution in [0.3, 0.4) is 0 Å². The number of hydrogen-bond donors (Lipinski definition) is 1. The lowest BCUT2D eigenvalue weighted by Crippen LogP contribution is -2.37. The van der Waals surface area contributed by atoms with Crippen molar-refractivity contribution in [1.82, 2.24) is 9.97 Å². The molecule has 0 spiro atoms. The van der Waals surface area contributed by atoms with Gasteiger partial charge in [-0.3, -0.25) is 4.79 Å². The quantitative estimate of drug-likeness (QED) is 0.806. The third kappa shape index (κ3) is 2.33. The number of benzene rings is 2. The highest BCUT2D eigenvalue weighted by molar-refractivity contribution is 5.93. The van der Waals surface area contributed by atoms with Crippen LogP contribution in [0, 0.1) is 0 Å². The first kappa shape index (κ1) is 14.2. The second-order valence-electron chi connectivity index (χ2n) is 5.77. The Bertz CT molecular complexity index is 841. The number of rotatable bonds is 3. The van der Waals surface area contributed by atoms with Crippen LogP contribution < -0.4 is 5.73 Å². The maximum atomic E-state index is 11.7. The third-order valence-corrected chi connectivity index (χ3v) is 3.83. The SMILES string of the molecule is CC(C)(C(N)=O)c1nc(-c2ccccc2)c2ccccc2n1. The molecule has 0 aliphatic carbocycles. The Kier molecular flexibility index (Phi) is 3.37. The molecule has 22 heavy (non-hydrogen) atoms. The summed E-state index contributed by atoms with van der Waals surface area (Å²) < 4.78 is 0. The van der Waals surface area contributed by atoms with Gasteiger partial charge in [0, 0.05) is 10.9 Å². The Morgan fingerprint density at radius 3 is 2.27 bits per heavy atom. The summed E-state index contributed by atoms with van der Waals surface area (Å²) >= 11 is 0. The van der Waals surface area contributed by atoms with Crippen LogP contribution in [0.25, 0.3) is 22.2 Å². The fraction of sp³-hybridized carbons (Fsp3) is 0.167. The molecule has 2 aromatic carbocycles. The van der Waals surface area contributed by atoms with Crippen molar-refractivity contribution < 1.29 is 4.79 Å². The zero-order chi connectivity index (χ0) is 15.7. The monoisotopic (exact) mass is 291 g/mol. The van der Waals surface area contributed by atoms with E-state index in [1.165, 1.54) is 0 Å². The van der Waals surface area contributed by atoms with Crippen LogP contribution in [0.2, 0.25) is 0 Å².